The molecule has 1 aromatic rings. The van der Waals surface area contributed by atoms with E-state index in [0.29, 0.717) is 23.2 Å². The molecule has 0 bridgehead atoms. The minimum Gasteiger partial charge on any atom is -0.377 e. The maximum Gasteiger partial charge on any atom is 0.175 e. The maximum atomic E-state index is 11.7. The fraction of sp³-hybridized carbons (Fsp3) is 0.684. The van der Waals surface area contributed by atoms with Crippen molar-refractivity contribution in [3.63, 3.8) is 0 Å². The lowest BCUT2D eigenvalue weighted by molar-refractivity contribution is -0.0160. The van der Waals surface area contributed by atoms with Gasteiger partial charge in [-0.3, -0.25) is 9.80 Å². The summed E-state index contributed by atoms with van der Waals surface area (Å²) in [4.78, 5) is 5.25. The topological polar surface area (TPSA) is 49.9 Å². The first-order valence-electron chi connectivity index (χ1n) is 9.20. The molecule has 2 aliphatic heterocycles. The van der Waals surface area contributed by atoms with Crippen LogP contribution in [-0.2, 0) is 14.6 Å². The lowest BCUT2D eigenvalue weighted by Gasteiger charge is -2.44. The number of sulfone groups is 1. The number of likely N-dealkylation sites (tertiary alicyclic amines) is 1. The molecule has 2 heterocycles. The van der Waals surface area contributed by atoms with Crippen LogP contribution in [0.15, 0.2) is 29.2 Å². The van der Waals surface area contributed by atoms with Gasteiger partial charge in [0, 0.05) is 25.4 Å². The van der Waals surface area contributed by atoms with E-state index in [4.69, 9.17) is 4.74 Å². The molecule has 25 heavy (non-hydrogen) atoms. The summed E-state index contributed by atoms with van der Waals surface area (Å²) in [6, 6.07) is 7.75. The molecule has 0 saturated carbocycles. The normalized spacial score (nSPS) is 28.6. The molecule has 0 aliphatic carbocycles. The molecule has 0 spiro atoms. The van der Waals surface area contributed by atoms with E-state index in [1.54, 1.807) is 12.1 Å². The lowest BCUT2D eigenvalue weighted by atomic mass is 9.93. The summed E-state index contributed by atoms with van der Waals surface area (Å²) in [5.74, 6) is 0. The number of hydrogen-bond donors (Lipinski definition) is 0. The Balaban J connectivity index is 1.69. The van der Waals surface area contributed by atoms with Gasteiger partial charge in [-0.2, -0.15) is 0 Å². The van der Waals surface area contributed by atoms with Crippen LogP contribution in [0.5, 0.6) is 0 Å². The Labute approximate surface area is 151 Å². The van der Waals surface area contributed by atoms with Crippen molar-refractivity contribution < 1.29 is 13.2 Å². The minimum atomic E-state index is -3.14. The Morgan fingerprint density at radius 3 is 2.48 bits per heavy atom. The number of hydrogen-bond acceptors (Lipinski definition) is 5. The van der Waals surface area contributed by atoms with Gasteiger partial charge in [-0.25, -0.2) is 8.42 Å². The van der Waals surface area contributed by atoms with E-state index < -0.39 is 9.84 Å². The van der Waals surface area contributed by atoms with Gasteiger partial charge in [-0.05, 0) is 63.9 Å². The van der Waals surface area contributed by atoms with E-state index in [0.717, 1.165) is 32.4 Å². The summed E-state index contributed by atoms with van der Waals surface area (Å²) >= 11 is 0. The van der Waals surface area contributed by atoms with Gasteiger partial charge < -0.3 is 4.74 Å². The zero-order chi connectivity index (χ0) is 18.0. The molecule has 6 heteroatoms. The van der Waals surface area contributed by atoms with Crippen molar-refractivity contribution in [1.82, 2.24) is 9.80 Å². The van der Waals surface area contributed by atoms with Gasteiger partial charge in [0.15, 0.2) is 9.84 Å². The van der Waals surface area contributed by atoms with Crippen LogP contribution in [0, 0.1) is 0 Å². The van der Waals surface area contributed by atoms with Gasteiger partial charge >= 0.3 is 0 Å². The fourth-order valence-electron chi connectivity index (χ4n) is 4.21. The highest BCUT2D eigenvalue weighted by atomic mass is 32.2. The molecule has 3 rings (SSSR count). The molecule has 2 fully saturated rings. The van der Waals surface area contributed by atoms with Gasteiger partial charge in [0.1, 0.15) is 0 Å². The van der Waals surface area contributed by atoms with Crippen LogP contribution < -0.4 is 0 Å². The Bertz CT molecular complexity index is 668. The minimum absolute atomic E-state index is 0.333. The molecule has 0 radical (unpaired) electrons. The molecule has 0 amide bonds. The Hall–Kier alpha value is -0.950. The third-order valence-electron chi connectivity index (χ3n) is 5.62. The number of likely N-dealkylation sites (N-methyl/N-ethyl adjacent to an activating group) is 1. The van der Waals surface area contributed by atoms with Crippen molar-refractivity contribution in [3.8, 4) is 0 Å². The van der Waals surface area contributed by atoms with Crippen LogP contribution in [0.1, 0.15) is 43.7 Å². The summed E-state index contributed by atoms with van der Waals surface area (Å²) in [6.07, 6.45) is 7.82. The van der Waals surface area contributed by atoms with E-state index in [9.17, 15) is 8.42 Å². The third-order valence-corrected chi connectivity index (χ3v) is 6.75. The fourth-order valence-corrected chi connectivity index (χ4v) is 4.84. The van der Waals surface area contributed by atoms with Crippen LogP contribution in [0.25, 0.3) is 0 Å². The second-order valence-electron chi connectivity index (χ2n) is 7.51. The molecule has 3 atom stereocenters. The monoisotopic (exact) mass is 366 g/mol. The Morgan fingerprint density at radius 1 is 1.16 bits per heavy atom. The van der Waals surface area contributed by atoms with Crippen molar-refractivity contribution in [2.45, 2.75) is 55.3 Å². The number of benzene rings is 1. The van der Waals surface area contributed by atoms with Crippen LogP contribution >= 0.6 is 0 Å². The molecule has 2 saturated heterocycles. The van der Waals surface area contributed by atoms with E-state index in [2.05, 4.69) is 23.9 Å². The second kappa shape index (κ2) is 7.74. The number of piperidine rings is 1. The summed E-state index contributed by atoms with van der Waals surface area (Å²) in [5.41, 5.74) is 1.20. The largest absolute Gasteiger partial charge is 0.377 e. The van der Waals surface area contributed by atoms with Crippen molar-refractivity contribution >= 4 is 9.84 Å². The summed E-state index contributed by atoms with van der Waals surface area (Å²) < 4.78 is 29.1. The summed E-state index contributed by atoms with van der Waals surface area (Å²) in [5, 5.41) is 0. The van der Waals surface area contributed by atoms with E-state index in [1.807, 2.05) is 12.1 Å². The molecule has 1 aromatic carbocycles. The molecule has 5 nitrogen and oxygen atoms in total. The highest BCUT2D eigenvalue weighted by Crippen LogP contribution is 2.34. The SMILES string of the molecule is CN(CC1CCCO1)C1CCCC(c2ccc(S(C)(=O)=O)cc2)N1C. The standard InChI is InChI=1S/C19H30N2O3S/c1-20(14-16-6-5-13-24-16)19-8-4-7-18(21(19)2)15-9-11-17(12-10-15)25(3,22)23/h9-12,16,18-19H,4-8,13-14H2,1-3H3. The third kappa shape index (κ3) is 4.42. The van der Waals surface area contributed by atoms with E-state index in [-0.39, 0.29) is 0 Å². The van der Waals surface area contributed by atoms with Gasteiger partial charge in [0.05, 0.1) is 17.2 Å². The van der Waals surface area contributed by atoms with Gasteiger partial charge in [0.25, 0.3) is 0 Å². The highest BCUT2D eigenvalue weighted by Gasteiger charge is 2.32. The molecule has 140 valence electrons. The maximum absolute atomic E-state index is 11.7. The predicted molar refractivity (Wildman–Crippen MR) is 99.3 cm³/mol. The molecular weight excluding hydrogens is 336 g/mol. The lowest BCUT2D eigenvalue weighted by Crippen LogP contribution is -2.50. The van der Waals surface area contributed by atoms with E-state index >= 15 is 0 Å². The molecule has 0 N–H and O–H groups in total. The molecule has 3 unspecified atom stereocenters. The first-order valence-corrected chi connectivity index (χ1v) is 11.1. The van der Waals surface area contributed by atoms with Crippen molar-refractivity contribution in [1.29, 1.82) is 0 Å². The Kier molecular flexibility index (Phi) is 5.83. The van der Waals surface area contributed by atoms with E-state index in [1.165, 1.54) is 24.7 Å². The van der Waals surface area contributed by atoms with Gasteiger partial charge in [-0.15, -0.1) is 0 Å². The molecular formula is C19H30N2O3S. The van der Waals surface area contributed by atoms with Gasteiger partial charge in [0.2, 0.25) is 0 Å². The first-order chi connectivity index (χ1) is 11.9. The first kappa shape index (κ1) is 18.8. The summed E-state index contributed by atoms with van der Waals surface area (Å²) in [7, 11) is 1.24. The average Bonchev–Trinajstić information content (AvgIpc) is 3.07. The highest BCUT2D eigenvalue weighted by molar-refractivity contribution is 7.90. The van der Waals surface area contributed by atoms with Gasteiger partial charge in [-0.1, -0.05) is 12.1 Å². The van der Waals surface area contributed by atoms with Crippen molar-refractivity contribution in [2.24, 2.45) is 0 Å². The number of rotatable bonds is 5. The zero-order valence-corrected chi connectivity index (χ0v) is 16.3. The zero-order valence-electron chi connectivity index (χ0n) is 15.5. The Morgan fingerprint density at radius 2 is 1.88 bits per heavy atom. The van der Waals surface area contributed by atoms with Crippen LogP contribution in [0.2, 0.25) is 0 Å². The van der Waals surface area contributed by atoms with Crippen molar-refractivity contribution in [2.75, 3.05) is 33.5 Å². The predicted octanol–water partition coefficient (Wildman–Crippen LogP) is 2.68. The second-order valence-corrected chi connectivity index (χ2v) is 9.52. The number of ether oxygens (including phenoxy) is 1. The van der Waals surface area contributed by atoms with Crippen LogP contribution in [0.4, 0.5) is 0 Å². The molecule has 2 aliphatic rings. The average molecular weight is 367 g/mol. The smallest absolute Gasteiger partial charge is 0.175 e. The van der Waals surface area contributed by atoms with Crippen LogP contribution in [-0.4, -0.2) is 64.0 Å². The summed E-state index contributed by atoms with van der Waals surface area (Å²) in [6.45, 7) is 1.88. The van der Waals surface area contributed by atoms with Crippen LogP contribution in [0.3, 0.4) is 0 Å². The quantitative estimate of drug-likeness (QED) is 0.802. The molecule has 0 aromatic heterocycles. The number of nitrogens with zero attached hydrogens (tertiary/aromatic N) is 2. The van der Waals surface area contributed by atoms with Crippen molar-refractivity contribution in [3.05, 3.63) is 29.8 Å².